The van der Waals surface area contributed by atoms with Crippen LogP contribution in [0.2, 0.25) is 0 Å². The number of rotatable bonds is 5. The topological polar surface area (TPSA) is 119 Å². The third-order valence-corrected chi connectivity index (χ3v) is 5.94. The second-order valence-electron chi connectivity index (χ2n) is 6.46. The number of nitrogens with zero attached hydrogens (tertiary/aromatic N) is 2. The summed E-state index contributed by atoms with van der Waals surface area (Å²) < 4.78 is 29.8. The van der Waals surface area contributed by atoms with E-state index in [1.165, 1.54) is 0 Å². The van der Waals surface area contributed by atoms with Crippen molar-refractivity contribution in [2.45, 2.75) is 4.90 Å². The van der Waals surface area contributed by atoms with Crippen LogP contribution in [0.3, 0.4) is 0 Å². The molecule has 1 fully saturated rings. The summed E-state index contributed by atoms with van der Waals surface area (Å²) in [5.74, 6) is -0.647. The minimum atomic E-state index is -3.73. The number of anilines is 2. The molecule has 0 saturated carbocycles. The van der Waals surface area contributed by atoms with Gasteiger partial charge in [-0.2, -0.15) is 0 Å². The molecular weight excluding hydrogens is 466 g/mol. The van der Waals surface area contributed by atoms with Crippen molar-refractivity contribution in [2.75, 3.05) is 42.8 Å². The zero-order chi connectivity index (χ0) is 21.2. The molecule has 1 aliphatic heterocycles. The molecule has 2 aromatic carbocycles. The van der Waals surface area contributed by atoms with Gasteiger partial charge in [-0.15, -0.1) is 0 Å². The highest BCUT2D eigenvalue weighted by Crippen LogP contribution is 2.31. The fourth-order valence-electron chi connectivity index (χ4n) is 2.92. The van der Waals surface area contributed by atoms with Crippen LogP contribution >= 0.6 is 15.9 Å². The number of hydrogen-bond donors (Lipinski definition) is 1. The standard InChI is InChI=1S/C18H18BrN3O6S/c1-29(26,27)15-9-12(8-14(11-15)22(24)25)18(23)20-16-10-13(19)2-3-17(16)21-4-6-28-7-5-21/h2-3,8-11H,4-7H2,1H3,(H,20,23). The van der Waals surface area contributed by atoms with Crippen LogP contribution in [0.5, 0.6) is 0 Å². The van der Waals surface area contributed by atoms with Crippen LogP contribution in [0.1, 0.15) is 10.4 Å². The predicted octanol–water partition coefficient (Wildman–Crippen LogP) is 2.85. The van der Waals surface area contributed by atoms with Crippen LogP contribution in [0, 0.1) is 10.1 Å². The molecule has 1 N–H and O–H groups in total. The Morgan fingerprint density at radius 1 is 1.21 bits per heavy atom. The summed E-state index contributed by atoms with van der Waals surface area (Å²) in [5, 5.41) is 13.9. The predicted molar refractivity (Wildman–Crippen MR) is 111 cm³/mol. The minimum absolute atomic E-state index is 0.118. The summed E-state index contributed by atoms with van der Waals surface area (Å²) in [6, 6.07) is 8.53. The molecule has 2 aromatic rings. The molecule has 0 unspecified atom stereocenters. The second kappa shape index (κ2) is 8.47. The van der Waals surface area contributed by atoms with Gasteiger partial charge in [0.25, 0.3) is 11.6 Å². The Morgan fingerprint density at radius 2 is 1.90 bits per heavy atom. The van der Waals surface area contributed by atoms with E-state index in [2.05, 4.69) is 26.1 Å². The summed E-state index contributed by atoms with van der Waals surface area (Å²) in [4.78, 5) is 25.0. The number of ether oxygens (including phenoxy) is 1. The monoisotopic (exact) mass is 483 g/mol. The zero-order valence-electron chi connectivity index (χ0n) is 15.4. The van der Waals surface area contributed by atoms with Gasteiger partial charge in [-0.3, -0.25) is 14.9 Å². The van der Waals surface area contributed by atoms with E-state index in [1.54, 1.807) is 6.07 Å². The molecular formula is C18H18BrN3O6S. The van der Waals surface area contributed by atoms with Gasteiger partial charge in [0.2, 0.25) is 0 Å². The van der Waals surface area contributed by atoms with Crippen molar-refractivity contribution in [3.8, 4) is 0 Å². The Kier molecular flexibility index (Phi) is 6.20. The van der Waals surface area contributed by atoms with E-state index in [-0.39, 0.29) is 10.5 Å². The van der Waals surface area contributed by atoms with Gasteiger partial charge in [-0.25, -0.2) is 8.42 Å². The fraction of sp³-hybridized carbons (Fsp3) is 0.278. The van der Waals surface area contributed by atoms with Crippen molar-refractivity contribution >= 4 is 48.7 Å². The van der Waals surface area contributed by atoms with Gasteiger partial charge in [-0.1, -0.05) is 15.9 Å². The summed E-state index contributed by atoms with van der Waals surface area (Å²) in [6.07, 6.45) is 0.929. The Morgan fingerprint density at radius 3 is 2.52 bits per heavy atom. The van der Waals surface area contributed by atoms with Gasteiger partial charge in [-0.05, 0) is 24.3 Å². The molecule has 3 rings (SSSR count). The van der Waals surface area contributed by atoms with Gasteiger partial charge in [0.05, 0.1) is 34.4 Å². The molecule has 0 bridgehead atoms. The summed E-state index contributed by atoms with van der Waals surface area (Å²) in [6.45, 7) is 2.43. The van der Waals surface area contributed by atoms with Gasteiger partial charge < -0.3 is 15.0 Å². The van der Waals surface area contributed by atoms with E-state index in [9.17, 15) is 23.3 Å². The number of carbonyl (C=O) groups is 1. The smallest absolute Gasteiger partial charge is 0.271 e. The molecule has 0 radical (unpaired) electrons. The highest BCUT2D eigenvalue weighted by Gasteiger charge is 2.21. The SMILES string of the molecule is CS(=O)(=O)c1cc(C(=O)Nc2cc(Br)ccc2N2CCOCC2)cc([N+](=O)[O-])c1. The first-order chi connectivity index (χ1) is 13.6. The van der Waals surface area contributed by atoms with Crippen LogP contribution in [-0.2, 0) is 14.6 Å². The number of hydrogen-bond acceptors (Lipinski definition) is 7. The number of carbonyl (C=O) groups excluding carboxylic acids is 1. The number of halogens is 1. The largest absolute Gasteiger partial charge is 0.378 e. The highest BCUT2D eigenvalue weighted by atomic mass is 79.9. The summed E-state index contributed by atoms with van der Waals surface area (Å²) >= 11 is 3.37. The maximum Gasteiger partial charge on any atom is 0.271 e. The number of nitro groups is 1. The number of amides is 1. The molecule has 29 heavy (non-hydrogen) atoms. The summed E-state index contributed by atoms with van der Waals surface area (Å²) in [7, 11) is -3.73. The zero-order valence-corrected chi connectivity index (χ0v) is 17.8. The van der Waals surface area contributed by atoms with Crippen LogP contribution < -0.4 is 10.2 Å². The van der Waals surface area contributed by atoms with E-state index in [4.69, 9.17) is 4.74 Å². The maximum absolute atomic E-state index is 12.8. The summed E-state index contributed by atoms with van der Waals surface area (Å²) in [5.41, 5.74) is 0.686. The average molecular weight is 484 g/mol. The lowest BCUT2D eigenvalue weighted by Crippen LogP contribution is -2.36. The molecule has 0 aromatic heterocycles. The Bertz CT molecular complexity index is 1070. The van der Waals surface area contributed by atoms with Crippen molar-refractivity contribution in [1.29, 1.82) is 0 Å². The third kappa shape index (κ3) is 5.11. The Labute approximate surface area is 175 Å². The second-order valence-corrected chi connectivity index (χ2v) is 9.39. The first-order valence-electron chi connectivity index (χ1n) is 8.58. The number of morpholine rings is 1. The molecule has 9 nitrogen and oxygen atoms in total. The van der Waals surface area contributed by atoms with Gasteiger partial charge in [0.1, 0.15) is 0 Å². The number of benzene rings is 2. The van der Waals surface area contributed by atoms with Crippen molar-refractivity contribution in [2.24, 2.45) is 0 Å². The Balaban J connectivity index is 1.97. The first-order valence-corrected chi connectivity index (χ1v) is 11.3. The Hall–Kier alpha value is -2.50. The molecule has 1 saturated heterocycles. The lowest BCUT2D eigenvalue weighted by Gasteiger charge is -2.30. The van der Waals surface area contributed by atoms with E-state index >= 15 is 0 Å². The average Bonchev–Trinajstić information content (AvgIpc) is 2.67. The van der Waals surface area contributed by atoms with E-state index in [0.29, 0.717) is 32.0 Å². The van der Waals surface area contributed by atoms with Crippen LogP contribution in [0.25, 0.3) is 0 Å². The number of non-ortho nitro benzene ring substituents is 1. The highest BCUT2D eigenvalue weighted by molar-refractivity contribution is 9.10. The van der Waals surface area contributed by atoms with Gasteiger partial charge >= 0.3 is 0 Å². The van der Waals surface area contributed by atoms with Crippen LogP contribution in [-0.4, -0.2) is 51.8 Å². The number of nitrogens with one attached hydrogen (secondary N) is 1. The molecule has 1 amide bonds. The first kappa shape index (κ1) is 21.2. The van der Waals surface area contributed by atoms with Crippen LogP contribution in [0.15, 0.2) is 45.8 Å². The van der Waals surface area contributed by atoms with Crippen molar-refractivity contribution in [3.05, 3.63) is 56.5 Å². The number of sulfone groups is 1. The molecule has 1 heterocycles. The number of nitro benzene ring substituents is 1. The molecule has 154 valence electrons. The van der Waals surface area contributed by atoms with Crippen molar-refractivity contribution in [3.63, 3.8) is 0 Å². The third-order valence-electron chi connectivity index (χ3n) is 4.35. The maximum atomic E-state index is 12.8. The van der Waals surface area contributed by atoms with Gasteiger partial charge in [0.15, 0.2) is 9.84 Å². The molecule has 0 aliphatic carbocycles. The molecule has 1 aliphatic rings. The van der Waals surface area contributed by atoms with Crippen molar-refractivity contribution < 1.29 is 22.9 Å². The van der Waals surface area contributed by atoms with E-state index in [0.717, 1.165) is 34.6 Å². The van der Waals surface area contributed by atoms with Gasteiger partial charge in [0, 0.05) is 41.5 Å². The quantitative estimate of drug-likeness (QED) is 0.512. The van der Waals surface area contributed by atoms with E-state index in [1.807, 2.05) is 12.1 Å². The lowest BCUT2D eigenvalue weighted by atomic mass is 10.1. The normalized spacial score (nSPS) is 14.5. The molecule has 0 spiro atoms. The van der Waals surface area contributed by atoms with Crippen molar-refractivity contribution in [1.82, 2.24) is 0 Å². The van der Waals surface area contributed by atoms with Crippen LogP contribution in [0.4, 0.5) is 17.1 Å². The minimum Gasteiger partial charge on any atom is -0.378 e. The lowest BCUT2D eigenvalue weighted by molar-refractivity contribution is -0.385. The van der Waals surface area contributed by atoms with E-state index < -0.39 is 26.4 Å². The molecule has 11 heteroatoms. The molecule has 0 atom stereocenters. The fourth-order valence-corrected chi connectivity index (χ4v) is 3.95.